The van der Waals surface area contributed by atoms with Crippen molar-refractivity contribution in [2.24, 2.45) is 0 Å². The summed E-state index contributed by atoms with van der Waals surface area (Å²) in [4.78, 5) is 26.5. The average Bonchev–Trinajstić information content (AvgIpc) is 2.56. The monoisotopic (exact) mass is 413 g/mol. The Balaban J connectivity index is 2.27. The number of carboxylic acids is 1. The highest BCUT2D eigenvalue weighted by Gasteiger charge is 2.22. The molecule has 1 amide bonds. The van der Waals surface area contributed by atoms with Gasteiger partial charge in [-0.3, -0.25) is 9.52 Å². The molecule has 1 aromatic carbocycles. The molecule has 0 radical (unpaired) electrons. The summed E-state index contributed by atoms with van der Waals surface area (Å²) in [6, 6.07) is 3.03. The standard InChI is InChI=1S/C17H17F2N3O5S/c1-17(2,3)21-15(23)9-4-5-14(20-8-9)28(26,27)22-13-7-11(18)10(16(24)25)6-12(13)19/h4-8,22H,1-3H3,(H,21,23)(H,24,25). The lowest BCUT2D eigenvalue weighted by Crippen LogP contribution is -2.40. The molecular weight excluding hydrogens is 396 g/mol. The quantitative estimate of drug-likeness (QED) is 0.691. The molecule has 0 atom stereocenters. The van der Waals surface area contributed by atoms with Gasteiger partial charge in [-0.2, -0.15) is 8.42 Å². The minimum absolute atomic E-state index is 0.108. The van der Waals surface area contributed by atoms with Gasteiger partial charge in [0.05, 0.1) is 16.8 Å². The molecule has 2 aromatic rings. The Bertz CT molecular complexity index is 1030. The Hall–Kier alpha value is -3.08. The number of carbonyl (C=O) groups excluding carboxylic acids is 1. The maximum absolute atomic E-state index is 13.9. The highest BCUT2D eigenvalue weighted by atomic mass is 32.2. The minimum atomic E-state index is -4.41. The average molecular weight is 413 g/mol. The summed E-state index contributed by atoms with van der Waals surface area (Å²) >= 11 is 0. The zero-order chi connectivity index (χ0) is 21.3. The molecule has 8 nitrogen and oxygen atoms in total. The van der Waals surface area contributed by atoms with Crippen LogP contribution in [0.3, 0.4) is 0 Å². The van der Waals surface area contributed by atoms with Gasteiger partial charge in [0.1, 0.15) is 11.6 Å². The van der Waals surface area contributed by atoms with E-state index < -0.39 is 55.3 Å². The van der Waals surface area contributed by atoms with E-state index in [2.05, 4.69) is 10.3 Å². The van der Waals surface area contributed by atoms with Crippen LogP contribution >= 0.6 is 0 Å². The van der Waals surface area contributed by atoms with Crippen LogP contribution in [-0.2, 0) is 10.0 Å². The number of aromatic nitrogens is 1. The van der Waals surface area contributed by atoms with E-state index in [1.165, 1.54) is 6.07 Å². The van der Waals surface area contributed by atoms with Crippen molar-refractivity contribution in [2.45, 2.75) is 31.3 Å². The number of carbonyl (C=O) groups is 2. The summed E-state index contributed by atoms with van der Waals surface area (Å²) in [5, 5.41) is 10.9. The lowest BCUT2D eigenvalue weighted by Gasteiger charge is -2.20. The largest absolute Gasteiger partial charge is 0.478 e. The molecule has 0 fully saturated rings. The number of sulfonamides is 1. The molecule has 0 aliphatic carbocycles. The third-order valence-corrected chi connectivity index (χ3v) is 4.57. The maximum atomic E-state index is 13.9. The SMILES string of the molecule is CC(C)(C)NC(=O)c1ccc(S(=O)(=O)Nc2cc(F)c(C(=O)O)cc2F)nc1. The lowest BCUT2D eigenvalue weighted by molar-refractivity contribution is 0.0691. The van der Waals surface area contributed by atoms with Crippen molar-refractivity contribution in [3.8, 4) is 0 Å². The van der Waals surface area contributed by atoms with E-state index in [4.69, 9.17) is 5.11 Å². The van der Waals surface area contributed by atoms with Crippen LogP contribution in [0.25, 0.3) is 0 Å². The van der Waals surface area contributed by atoms with Crippen molar-refractivity contribution in [1.82, 2.24) is 10.3 Å². The van der Waals surface area contributed by atoms with E-state index in [1.54, 1.807) is 25.5 Å². The van der Waals surface area contributed by atoms with Crippen molar-refractivity contribution >= 4 is 27.6 Å². The zero-order valence-corrected chi connectivity index (χ0v) is 15.9. The fourth-order valence-corrected chi connectivity index (χ4v) is 3.06. The molecule has 0 spiro atoms. The summed E-state index contributed by atoms with van der Waals surface area (Å²) in [5.74, 6) is -4.75. The van der Waals surface area contributed by atoms with Crippen molar-refractivity contribution in [2.75, 3.05) is 4.72 Å². The number of amides is 1. The van der Waals surface area contributed by atoms with Gasteiger partial charge in [-0.05, 0) is 39.0 Å². The fourth-order valence-electron chi connectivity index (χ4n) is 2.07. The van der Waals surface area contributed by atoms with Gasteiger partial charge >= 0.3 is 5.97 Å². The van der Waals surface area contributed by atoms with Gasteiger partial charge in [-0.15, -0.1) is 0 Å². The van der Waals surface area contributed by atoms with Crippen LogP contribution in [0, 0.1) is 11.6 Å². The number of hydrogen-bond acceptors (Lipinski definition) is 5. The van der Waals surface area contributed by atoms with Gasteiger partial charge in [0, 0.05) is 17.8 Å². The molecule has 28 heavy (non-hydrogen) atoms. The van der Waals surface area contributed by atoms with E-state index >= 15 is 0 Å². The molecule has 0 unspecified atom stereocenters. The second-order valence-electron chi connectivity index (χ2n) is 6.81. The van der Waals surface area contributed by atoms with Gasteiger partial charge in [0.15, 0.2) is 5.03 Å². The first kappa shape index (κ1) is 21.2. The molecule has 0 aliphatic rings. The molecule has 0 bridgehead atoms. The molecule has 11 heteroatoms. The van der Waals surface area contributed by atoms with Gasteiger partial charge in [0.2, 0.25) is 0 Å². The third kappa shape index (κ3) is 5.00. The van der Waals surface area contributed by atoms with Gasteiger partial charge in [-0.25, -0.2) is 18.6 Å². The van der Waals surface area contributed by atoms with E-state index in [9.17, 15) is 26.8 Å². The Morgan fingerprint density at radius 1 is 1.11 bits per heavy atom. The molecule has 1 heterocycles. The fraction of sp³-hybridized carbons (Fsp3) is 0.235. The van der Waals surface area contributed by atoms with Crippen LogP contribution in [0.2, 0.25) is 0 Å². The number of hydrogen-bond donors (Lipinski definition) is 3. The predicted octanol–water partition coefficient (Wildman–Crippen LogP) is 2.39. The Labute approximate surface area is 159 Å². The topological polar surface area (TPSA) is 125 Å². The lowest BCUT2D eigenvalue weighted by atomic mass is 10.1. The number of anilines is 1. The summed E-state index contributed by atoms with van der Waals surface area (Å²) in [5.41, 5.74) is -2.11. The van der Waals surface area contributed by atoms with Crippen molar-refractivity contribution in [1.29, 1.82) is 0 Å². The Morgan fingerprint density at radius 3 is 2.25 bits per heavy atom. The number of halogens is 2. The van der Waals surface area contributed by atoms with E-state index in [-0.39, 0.29) is 5.56 Å². The van der Waals surface area contributed by atoms with E-state index in [1.807, 2.05) is 0 Å². The summed E-state index contributed by atoms with van der Waals surface area (Å²) in [6.07, 6.45) is 1.03. The second-order valence-corrected chi connectivity index (χ2v) is 8.44. The molecule has 1 aromatic heterocycles. The number of nitrogens with zero attached hydrogens (tertiary/aromatic N) is 1. The van der Waals surface area contributed by atoms with Crippen molar-refractivity contribution in [3.63, 3.8) is 0 Å². The first-order valence-corrected chi connectivity index (χ1v) is 9.32. The van der Waals surface area contributed by atoms with Crippen LogP contribution in [0.1, 0.15) is 41.5 Å². The number of rotatable bonds is 5. The number of benzene rings is 1. The second kappa shape index (κ2) is 7.50. The Kier molecular flexibility index (Phi) is 5.69. The predicted molar refractivity (Wildman–Crippen MR) is 95.6 cm³/mol. The van der Waals surface area contributed by atoms with Crippen LogP contribution < -0.4 is 10.0 Å². The van der Waals surface area contributed by atoms with Crippen molar-refractivity contribution < 1.29 is 31.9 Å². The van der Waals surface area contributed by atoms with Crippen LogP contribution in [0.15, 0.2) is 35.5 Å². The normalized spacial score (nSPS) is 11.8. The minimum Gasteiger partial charge on any atom is -0.478 e. The van der Waals surface area contributed by atoms with Crippen LogP contribution in [0.5, 0.6) is 0 Å². The maximum Gasteiger partial charge on any atom is 0.338 e. The molecule has 3 N–H and O–H groups in total. The molecule has 150 valence electrons. The molecule has 2 rings (SSSR count). The number of aromatic carboxylic acids is 1. The molecule has 0 saturated heterocycles. The highest BCUT2D eigenvalue weighted by Crippen LogP contribution is 2.22. The first-order valence-electron chi connectivity index (χ1n) is 7.84. The smallest absolute Gasteiger partial charge is 0.338 e. The summed E-state index contributed by atoms with van der Waals surface area (Å²) in [7, 11) is -4.41. The molecular formula is C17H17F2N3O5S. The number of carboxylic acid groups (broad SMARTS) is 1. The van der Waals surface area contributed by atoms with Crippen LogP contribution in [0.4, 0.5) is 14.5 Å². The van der Waals surface area contributed by atoms with Gasteiger partial charge in [-0.1, -0.05) is 0 Å². The van der Waals surface area contributed by atoms with Crippen molar-refractivity contribution in [3.05, 3.63) is 53.2 Å². The number of pyridine rings is 1. The van der Waals surface area contributed by atoms with Gasteiger partial charge in [0.25, 0.3) is 15.9 Å². The summed E-state index contributed by atoms with van der Waals surface area (Å²) in [6.45, 7) is 5.30. The Morgan fingerprint density at radius 2 is 1.75 bits per heavy atom. The molecule has 0 aliphatic heterocycles. The summed E-state index contributed by atoms with van der Waals surface area (Å²) < 4.78 is 54.1. The van der Waals surface area contributed by atoms with Gasteiger partial charge < -0.3 is 10.4 Å². The third-order valence-electron chi connectivity index (χ3n) is 3.29. The zero-order valence-electron chi connectivity index (χ0n) is 15.1. The van der Waals surface area contributed by atoms with E-state index in [0.717, 1.165) is 12.3 Å². The van der Waals surface area contributed by atoms with E-state index in [0.29, 0.717) is 12.1 Å². The molecule has 0 saturated carbocycles. The first-order chi connectivity index (χ1) is 12.8. The van der Waals surface area contributed by atoms with Crippen LogP contribution in [-0.4, -0.2) is 35.9 Å². The highest BCUT2D eigenvalue weighted by molar-refractivity contribution is 7.92. The number of nitrogens with one attached hydrogen (secondary N) is 2.